The van der Waals surface area contributed by atoms with Crippen molar-refractivity contribution >= 4 is 35.8 Å². The smallest absolute Gasteiger partial charge is 0.348 e. The van der Waals surface area contributed by atoms with E-state index in [4.69, 9.17) is 28.4 Å². The van der Waals surface area contributed by atoms with Crippen molar-refractivity contribution in [3.8, 4) is 0 Å². The van der Waals surface area contributed by atoms with Crippen molar-refractivity contribution < 1.29 is 62.3 Å². The van der Waals surface area contributed by atoms with Crippen molar-refractivity contribution in [2.45, 2.75) is 207 Å². The predicted molar refractivity (Wildman–Crippen MR) is 214 cm³/mol. The lowest BCUT2D eigenvalue weighted by molar-refractivity contribution is -0.198. The van der Waals surface area contributed by atoms with Crippen molar-refractivity contribution in [1.29, 1.82) is 0 Å². The molecule has 5 atom stereocenters. The molecule has 0 aromatic heterocycles. The molecule has 326 valence electrons. The molecule has 0 unspecified atom stereocenters. The van der Waals surface area contributed by atoms with E-state index >= 15 is 0 Å². The first-order chi connectivity index (χ1) is 26.1. The van der Waals surface area contributed by atoms with Crippen LogP contribution in [0.25, 0.3) is 0 Å². The second-order valence-electron chi connectivity index (χ2n) is 18.8. The molecule has 0 aromatic rings. The quantitative estimate of drug-likeness (QED) is 0.0512. The van der Waals surface area contributed by atoms with Crippen LogP contribution in [-0.2, 0) is 57.2 Å². The Hall–Kier alpha value is -3.74. The Kier molecular flexibility index (Phi) is 20.2. The first kappa shape index (κ1) is 51.3. The molecular formula is C44H72O13. The summed E-state index contributed by atoms with van der Waals surface area (Å²) in [6.45, 7) is 21.0. The molecule has 1 aliphatic rings. The molecule has 13 nitrogen and oxygen atoms in total. The third-order valence-corrected chi connectivity index (χ3v) is 8.28. The summed E-state index contributed by atoms with van der Waals surface area (Å²) in [5.74, 6) is -10.1. The van der Waals surface area contributed by atoms with Gasteiger partial charge in [0.05, 0.1) is 12.8 Å². The number of carbonyl (C=O) groups excluding carboxylic acids is 6. The maximum Gasteiger partial charge on any atom is 0.348 e. The predicted octanol–water partition coefficient (Wildman–Crippen LogP) is 7.97. The average molecular weight is 809 g/mol. The van der Waals surface area contributed by atoms with Crippen molar-refractivity contribution in [1.82, 2.24) is 0 Å². The SMILES string of the molecule is CCCCCCCC/C=C\CC/C=C/[C@@H]1C[C@H]([C@](O)(CC(=O)O[C@@H](C(=O)OC(C)(C)C)[C@H](CC(=O)OC(C)(C)C)C(=O)OC(C)(C)C)C(=O)OC(C)(C)C)C(=O)O1. The highest BCUT2D eigenvalue weighted by Crippen LogP contribution is 2.37. The van der Waals surface area contributed by atoms with Crippen LogP contribution in [0.5, 0.6) is 0 Å². The van der Waals surface area contributed by atoms with Crippen LogP contribution in [0.2, 0.25) is 0 Å². The molecule has 0 amide bonds. The van der Waals surface area contributed by atoms with Crippen LogP contribution in [0.3, 0.4) is 0 Å². The van der Waals surface area contributed by atoms with Gasteiger partial charge in [0.1, 0.15) is 40.3 Å². The average Bonchev–Trinajstić information content (AvgIpc) is 3.40. The Bertz CT molecular complexity index is 1400. The highest BCUT2D eigenvalue weighted by Gasteiger charge is 2.57. The third-order valence-electron chi connectivity index (χ3n) is 8.28. The van der Waals surface area contributed by atoms with E-state index in [9.17, 15) is 33.9 Å². The molecule has 0 spiro atoms. The first-order valence-corrected chi connectivity index (χ1v) is 20.4. The number of rotatable bonds is 21. The number of hydrogen-bond acceptors (Lipinski definition) is 13. The molecule has 0 aromatic carbocycles. The highest BCUT2D eigenvalue weighted by atomic mass is 16.6. The molecule has 1 heterocycles. The Morgan fingerprint density at radius 3 is 1.75 bits per heavy atom. The molecule has 0 saturated carbocycles. The third kappa shape index (κ3) is 21.0. The van der Waals surface area contributed by atoms with Crippen LogP contribution in [0.1, 0.15) is 167 Å². The summed E-state index contributed by atoms with van der Waals surface area (Å²) in [4.78, 5) is 81.1. The van der Waals surface area contributed by atoms with Gasteiger partial charge in [0.2, 0.25) is 6.10 Å². The lowest BCUT2D eigenvalue weighted by Crippen LogP contribution is -2.53. The van der Waals surface area contributed by atoms with Crippen LogP contribution in [0.4, 0.5) is 0 Å². The summed E-state index contributed by atoms with van der Waals surface area (Å²) in [5, 5.41) is 12.0. The molecule has 0 aliphatic carbocycles. The summed E-state index contributed by atoms with van der Waals surface area (Å²) in [6.07, 6.45) is 12.7. The summed E-state index contributed by atoms with van der Waals surface area (Å²) in [7, 11) is 0. The Labute approximate surface area is 340 Å². The molecule has 1 saturated heterocycles. The van der Waals surface area contributed by atoms with E-state index in [1.807, 2.05) is 6.08 Å². The molecule has 13 heteroatoms. The monoisotopic (exact) mass is 808 g/mol. The number of unbranched alkanes of at least 4 members (excludes halogenated alkanes) is 7. The van der Waals surface area contributed by atoms with E-state index in [0.717, 1.165) is 19.3 Å². The van der Waals surface area contributed by atoms with Gasteiger partial charge in [0.15, 0.2) is 5.60 Å². The van der Waals surface area contributed by atoms with E-state index < -0.39 is 101 Å². The fraction of sp³-hybridized carbons (Fsp3) is 0.773. The van der Waals surface area contributed by atoms with E-state index in [2.05, 4.69) is 19.1 Å². The molecule has 1 fully saturated rings. The van der Waals surface area contributed by atoms with Crippen molar-refractivity contribution in [3.05, 3.63) is 24.3 Å². The molecule has 0 bridgehead atoms. The Balaban J connectivity index is 3.36. The number of ether oxygens (including phenoxy) is 6. The van der Waals surface area contributed by atoms with Crippen molar-refractivity contribution in [2.75, 3.05) is 0 Å². The molecular weight excluding hydrogens is 736 g/mol. The Morgan fingerprint density at radius 2 is 1.19 bits per heavy atom. The van der Waals surface area contributed by atoms with E-state index in [1.165, 1.54) is 32.1 Å². The molecule has 1 N–H and O–H groups in total. The zero-order chi connectivity index (χ0) is 43.8. The fourth-order valence-electron chi connectivity index (χ4n) is 5.85. The maximum absolute atomic E-state index is 13.8. The van der Waals surface area contributed by atoms with Crippen LogP contribution in [0, 0.1) is 11.8 Å². The van der Waals surface area contributed by atoms with Gasteiger partial charge in [-0.25, -0.2) is 9.59 Å². The topological polar surface area (TPSA) is 178 Å². The van der Waals surface area contributed by atoms with Gasteiger partial charge in [-0.05, 0) is 115 Å². The van der Waals surface area contributed by atoms with Crippen LogP contribution >= 0.6 is 0 Å². The van der Waals surface area contributed by atoms with Crippen molar-refractivity contribution in [3.63, 3.8) is 0 Å². The van der Waals surface area contributed by atoms with Crippen LogP contribution in [-0.4, -0.2) is 81.1 Å². The number of carbonyl (C=O) groups is 6. The minimum absolute atomic E-state index is 0.166. The van der Waals surface area contributed by atoms with Gasteiger partial charge in [-0.3, -0.25) is 19.2 Å². The summed E-state index contributed by atoms with van der Waals surface area (Å²) < 4.78 is 33.0. The summed E-state index contributed by atoms with van der Waals surface area (Å²) in [5.41, 5.74) is -7.14. The van der Waals surface area contributed by atoms with Crippen LogP contribution in [0.15, 0.2) is 24.3 Å². The van der Waals surface area contributed by atoms with E-state index in [-0.39, 0.29) is 6.42 Å². The number of hydrogen-bond donors (Lipinski definition) is 1. The molecule has 1 aliphatic heterocycles. The van der Waals surface area contributed by atoms with Gasteiger partial charge in [0.25, 0.3) is 0 Å². The van der Waals surface area contributed by atoms with Crippen LogP contribution < -0.4 is 0 Å². The zero-order valence-corrected chi connectivity index (χ0v) is 37.0. The van der Waals surface area contributed by atoms with E-state index in [1.54, 1.807) is 89.2 Å². The van der Waals surface area contributed by atoms with Gasteiger partial charge in [-0.1, -0.05) is 57.3 Å². The van der Waals surface area contributed by atoms with Gasteiger partial charge >= 0.3 is 35.8 Å². The lowest BCUT2D eigenvalue weighted by Gasteiger charge is -2.33. The summed E-state index contributed by atoms with van der Waals surface area (Å²) in [6, 6.07) is 0. The maximum atomic E-state index is 13.8. The largest absolute Gasteiger partial charge is 0.460 e. The number of aliphatic hydroxyl groups is 1. The second-order valence-corrected chi connectivity index (χ2v) is 18.8. The number of cyclic esters (lactones) is 1. The Morgan fingerprint density at radius 1 is 0.684 bits per heavy atom. The molecule has 1 rings (SSSR count). The van der Waals surface area contributed by atoms with Gasteiger partial charge in [-0.2, -0.15) is 0 Å². The normalized spacial score (nSPS) is 18.7. The first-order valence-electron chi connectivity index (χ1n) is 20.4. The minimum atomic E-state index is -2.81. The molecule has 57 heavy (non-hydrogen) atoms. The zero-order valence-electron chi connectivity index (χ0n) is 37.0. The lowest BCUT2D eigenvalue weighted by atomic mass is 9.82. The highest BCUT2D eigenvalue weighted by molar-refractivity contribution is 5.94. The second kappa shape index (κ2) is 22.4. The number of allylic oxidation sites excluding steroid dienone is 3. The summed E-state index contributed by atoms with van der Waals surface area (Å²) >= 11 is 0. The number of esters is 6. The van der Waals surface area contributed by atoms with Crippen molar-refractivity contribution in [2.24, 2.45) is 11.8 Å². The minimum Gasteiger partial charge on any atom is -0.460 e. The standard InChI is InChI=1S/C44H72O13/c1-14-15-16-17-18-19-20-21-22-23-24-25-26-30-27-32(37(48)52-30)44(51,39(50)57-43(11,12)13)29-34(46)53-35(38(49)56-42(8,9)10)31(36(47)55-41(5,6)7)28-33(45)54-40(2,3)4/h21-22,25-26,30-32,35,51H,14-20,23-24,27-29H2,1-13H3/b22-21-,26-25+/t30-,31+,32+,35-,44-/m1/s1. The van der Waals surface area contributed by atoms with Gasteiger partial charge < -0.3 is 33.5 Å². The van der Waals surface area contributed by atoms with Gasteiger partial charge in [-0.15, -0.1) is 0 Å². The van der Waals surface area contributed by atoms with E-state index in [0.29, 0.717) is 6.42 Å². The fourth-order valence-corrected chi connectivity index (χ4v) is 5.85. The van der Waals surface area contributed by atoms with Gasteiger partial charge in [0, 0.05) is 6.42 Å². The molecule has 0 radical (unpaired) electrons.